The van der Waals surface area contributed by atoms with E-state index >= 15 is 0 Å². The Labute approximate surface area is 293 Å². The van der Waals surface area contributed by atoms with E-state index in [0.29, 0.717) is 18.4 Å². The second-order valence-electron chi connectivity index (χ2n) is 19.7. The molecule has 15 atom stereocenters. The number of carboxylic acid groups (broad SMARTS) is 1. The van der Waals surface area contributed by atoms with Gasteiger partial charge in [-0.2, -0.15) is 0 Å². The fourth-order valence-corrected chi connectivity index (χ4v) is 13.4. The van der Waals surface area contributed by atoms with Gasteiger partial charge in [-0.1, -0.05) is 60.1 Å². The predicted octanol–water partition coefficient (Wildman–Crippen LogP) is 5.24. The van der Waals surface area contributed by atoms with Crippen LogP contribution in [-0.2, 0) is 19.1 Å². The highest BCUT2D eigenvalue weighted by molar-refractivity contribution is 5.81. The lowest BCUT2D eigenvalue weighted by Crippen LogP contribution is -2.76. The van der Waals surface area contributed by atoms with E-state index < -0.39 is 59.5 Å². The van der Waals surface area contributed by atoms with Gasteiger partial charge in [-0.05, 0) is 116 Å². The van der Waals surface area contributed by atoms with Crippen LogP contribution < -0.4 is 5.32 Å². The SMILES string of the molecule is CC(C)CNC(=O)C1O[C@@H]([C@@H]2O[C@@]3(C)C4CC[C@]5(C)C(CC=C6C7CC(C)(C)CC[C@]7(C(=O)O)CC[C@]65C)[C@@]4(C)CC[C@H]23)C(O)C(O)[C@@H]1O. The molecule has 0 aromatic carbocycles. The fraction of sp³-hybridized carbons (Fsp3) is 0.900. The van der Waals surface area contributed by atoms with Gasteiger partial charge in [0.05, 0.1) is 17.1 Å². The smallest absolute Gasteiger partial charge is 0.310 e. The third-order valence-electron chi connectivity index (χ3n) is 16.5. The minimum atomic E-state index is -1.53. The number of carboxylic acids is 1. The fourth-order valence-electron chi connectivity index (χ4n) is 13.4. The molecule has 6 unspecified atom stereocenters. The van der Waals surface area contributed by atoms with Crippen molar-refractivity contribution in [3.8, 4) is 0 Å². The number of aliphatic hydroxyl groups is 3. The number of ether oxygens (including phenoxy) is 2. The first-order valence-corrected chi connectivity index (χ1v) is 19.3. The van der Waals surface area contributed by atoms with E-state index in [0.717, 1.165) is 64.2 Å². The van der Waals surface area contributed by atoms with Crippen molar-refractivity contribution in [3.05, 3.63) is 11.6 Å². The molecule has 2 heterocycles. The molecule has 0 bridgehead atoms. The van der Waals surface area contributed by atoms with Crippen LogP contribution in [0.2, 0.25) is 0 Å². The molecule has 49 heavy (non-hydrogen) atoms. The Morgan fingerprint density at radius 1 is 0.878 bits per heavy atom. The Hall–Kier alpha value is -1.52. The maximum atomic E-state index is 13.0. The minimum absolute atomic E-state index is 0.0163. The molecule has 276 valence electrons. The van der Waals surface area contributed by atoms with Gasteiger partial charge >= 0.3 is 5.97 Å². The van der Waals surface area contributed by atoms with Crippen LogP contribution in [0.3, 0.4) is 0 Å². The van der Waals surface area contributed by atoms with Crippen molar-refractivity contribution in [2.75, 3.05) is 6.54 Å². The summed E-state index contributed by atoms with van der Waals surface area (Å²) in [6, 6.07) is 0. The standard InChI is InChI=1S/C40H63NO8/c1-21(2)20-41-33(45)32-29(44)27(42)28(43)31(48-32)30-23-11-13-36(5)25-10-9-22-24-19-35(3,4)15-17-40(24,34(46)47)18-16-37(22,6)38(25,7)14-12-26(36)39(23,8)49-30/h9,21,23-32,42-44H,10-20H2,1-8H3,(H,41,45)(H,46,47)/t23-,24?,25?,26?,27?,28?,29+,30-,31-,32?,36-,37-,38-,39-,40+/m1/s1. The van der Waals surface area contributed by atoms with Gasteiger partial charge in [0.2, 0.25) is 0 Å². The number of aliphatic carboxylic acids is 1. The summed E-state index contributed by atoms with van der Waals surface area (Å²) in [5.74, 6) is 0.0422. The first-order valence-electron chi connectivity index (χ1n) is 19.3. The molecular weight excluding hydrogens is 622 g/mol. The second kappa shape index (κ2) is 11.5. The normalized spacial score (nSPS) is 53.0. The monoisotopic (exact) mass is 685 g/mol. The van der Waals surface area contributed by atoms with Crippen LogP contribution >= 0.6 is 0 Å². The lowest BCUT2D eigenvalue weighted by molar-refractivity contribution is -0.371. The summed E-state index contributed by atoms with van der Waals surface area (Å²) in [7, 11) is 0. The summed E-state index contributed by atoms with van der Waals surface area (Å²) in [5, 5.41) is 46.2. The number of amides is 1. The Morgan fingerprint density at radius 3 is 2.24 bits per heavy atom. The first kappa shape index (κ1) is 35.9. The molecule has 0 radical (unpaired) electrons. The van der Waals surface area contributed by atoms with Crippen molar-refractivity contribution in [2.24, 2.45) is 56.7 Å². The van der Waals surface area contributed by atoms with Gasteiger partial charge in [-0.15, -0.1) is 0 Å². The Balaban J connectivity index is 1.14. The van der Waals surface area contributed by atoms with Crippen molar-refractivity contribution in [2.45, 2.75) is 162 Å². The number of hydrogen-bond acceptors (Lipinski definition) is 7. The van der Waals surface area contributed by atoms with Gasteiger partial charge in [-0.25, -0.2) is 0 Å². The molecular formula is C40H63NO8. The summed E-state index contributed by atoms with van der Waals surface area (Å²) >= 11 is 0. The predicted molar refractivity (Wildman–Crippen MR) is 184 cm³/mol. The van der Waals surface area contributed by atoms with Crippen molar-refractivity contribution in [1.82, 2.24) is 5.32 Å². The highest BCUT2D eigenvalue weighted by Gasteiger charge is 2.73. The summed E-state index contributed by atoms with van der Waals surface area (Å²) < 4.78 is 13.0. The topological polar surface area (TPSA) is 146 Å². The Kier molecular flexibility index (Phi) is 8.41. The van der Waals surface area contributed by atoms with Gasteiger partial charge in [0.1, 0.15) is 24.4 Å². The van der Waals surface area contributed by atoms with Crippen LogP contribution in [0, 0.1) is 56.7 Å². The lowest BCUT2D eigenvalue weighted by atomic mass is 9.33. The number of allylic oxidation sites excluding steroid dienone is 2. The van der Waals surface area contributed by atoms with E-state index in [1.165, 1.54) is 5.57 Å². The van der Waals surface area contributed by atoms with E-state index in [2.05, 4.69) is 52.9 Å². The maximum absolute atomic E-state index is 13.0. The van der Waals surface area contributed by atoms with Crippen LogP contribution in [0.25, 0.3) is 0 Å². The van der Waals surface area contributed by atoms with E-state index in [4.69, 9.17) is 9.47 Å². The lowest BCUT2D eigenvalue weighted by Gasteiger charge is -2.74. The molecule has 9 nitrogen and oxygen atoms in total. The number of carbonyl (C=O) groups excluding carboxylic acids is 1. The summed E-state index contributed by atoms with van der Waals surface area (Å²) in [6.45, 7) is 18.7. The number of hydrogen-bond donors (Lipinski definition) is 5. The van der Waals surface area contributed by atoms with E-state index in [-0.39, 0.29) is 39.4 Å². The molecule has 0 aromatic heterocycles. The summed E-state index contributed by atoms with van der Waals surface area (Å²) in [4.78, 5) is 26.0. The van der Waals surface area contributed by atoms with E-state index in [9.17, 15) is 30.0 Å². The molecule has 9 heteroatoms. The van der Waals surface area contributed by atoms with Crippen molar-refractivity contribution in [3.63, 3.8) is 0 Å². The van der Waals surface area contributed by atoms with Gasteiger partial charge in [0, 0.05) is 12.5 Å². The van der Waals surface area contributed by atoms with Gasteiger partial charge in [0.25, 0.3) is 5.91 Å². The van der Waals surface area contributed by atoms with E-state index in [1.807, 2.05) is 13.8 Å². The molecule has 5 aliphatic carbocycles. The number of fused-ring (bicyclic) bond motifs is 9. The molecule has 4 saturated carbocycles. The van der Waals surface area contributed by atoms with Crippen molar-refractivity contribution < 1.29 is 39.5 Å². The molecule has 0 spiro atoms. The maximum Gasteiger partial charge on any atom is 0.310 e. The molecule has 0 aromatic rings. The zero-order chi connectivity index (χ0) is 35.7. The van der Waals surface area contributed by atoms with Crippen LogP contribution in [0.1, 0.15) is 120 Å². The summed E-state index contributed by atoms with van der Waals surface area (Å²) in [6.07, 6.45) is 4.72. The minimum Gasteiger partial charge on any atom is -0.481 e. The zero-order valence-electron chi connectivity index (χ0n) is 31.1. The number of carbonyl (C=O) groups is 2. The average Bonchev–Trinajstić information content (AvgIpc) is 3.01. The Bertz CT molecular complexity index is 1400. The molecule has 6 fully saturated rings. The average molecular weight is 686 g/mol. The van der Waals surface area contributed by atoms with Crippen molar-refractivity contribution in [1.29, 1.82) is 0 Å². The number of rotatable bonds is 5. The Morgan fingerprint density at radius 2 is 1.57 bits per heavy atom. The quantitative estimate of drug-likeness (QED) is 0.247. The van der Waals surface area contributed by atoms with Crippen molar-refractivity contribution >= 4 is 11.9 Å². The highest BCUT2D eigenvalue weighted by atomic mass is 16.6. The zero-order valence-corrected chi connectivity index (χ0v) is 31.1. The number of aliphatic hydroxyl groups excluding tert-OH is 3. The summed E-state index contributed by atoms with van der Waals surface area (Å²) in [5.41, 5.74) is 0.506. The third-order valence-corrected chi connectivity index (χ3v) is 16.5. The molecule has 1 amide bonds. The van der Waals surface area contributed by atoms with Gasteiger partial charge in [0.15, 0.2) is 6.10 Å². The van der Waals surface area contributed by atoms with Gasteiger partial charge in [-0.3, -0.25) is 9.59 Å². The van der Waals surface area contributed by atoms with Gasteiger partial charge < -0.3 is 35.2 Å². The van der Waals surface area contributed by atoms with Crippen LogP contribution in [0.4, 0.5) is 0 Å². The largest absolute Gasteiger partial charge is 0.481 e. The molecule has 2 saturated heterocycles. The first-order chi connectivity index (χ1) is 22.8. The number of nitrogens with one attached hydrogen (secondary N) is 1. The van der Waals surface area contributed by atoms with Crippen LogP contribution in [-0.4, -0.2) is 81.1 Å². The third kappa shape index (κ3) is 4.87. The van der Waals surface area contributed by atoms with E-state index in [1.54, 1.807) is 0 Å². The molecule has 5 N–H and O–H groups in total. The second-order valence-corrected chi connectivity index (χ2v) is 19.7. The highest BCUT2D eigenvalue weighted by Crippen LogP contribution is 2.76. The molecule has 7 aliphatic rings. The van der Waals surface area contributed by atoms with Crippen LogP contribution in [0.15, 0.2) is 11.6 Å². The molecule has 2 aliphatic heterocycles. The van der Waals surface area contributed by atoms with Crippen LogP contribution in [0.5, 0.6) is 0 Å². The molecule has 7 rings (SSSR count).